The molecular formula is C11H13BrClNO3. The Labute approximate surface area is 113 Å². The maximum Gasteiger partial charge on any atom is 0.233 e. The lowest BCUT2D eigenvalue weighted by molar-refractivity contribution is -0.127. The SMILES string of the molecule is COc1cc(CN(C)C(=O)CBr)cc(Cl)c1O. The lowest BCUT2D eigenvalue weighted by atomic mass is 10.2. The molecule has 1 rings (SSSR count). The number of phenolic OH excluding ortho intramolecular Hbond substituents is 1. The number of aromatic hydroxyl groups is 1. The molecule has 0 saturated heterocycles. The van der Waals surface area contributed by atoms with Gasteiger partial charge in [0, 0.05) is 13.6 Å². The molecule has 0 saturated carbocycles. The highest BCUT2D eigenvalue weighted by Crippen LogP contribution is 2.35. The number of amides is 1. The van der Waals surface area contributed by atoms with E-state index < -0.39 is 0 Å². The molecule has 0 heterocycles. The number of rotatable bonds is 4. The van der Waals surface area contributed by atoms with Gasteiger partial charge in [-0.2, -0.15) is 0 Å². The zero-order valence-corrected chi connectivity index (χ0v) is 11.9. The average molecular weight is 323 g/mol. The highest BCUT2D eigenvalue weighted by atomic mass is 79.9. The topological polar surface area (TPSA) is 49.8 Å². The minimum absolute atomic E-state index is 0.0341. The van der Waals surface area contributed by atoms with Crippen LogP contribution in [0.3, 0.4) is 0 Å². The highest BCUT2D eigenvalue weighted by molar-refractivity contribution is 9.09. The van der Waals surface area contributed by atoms with Crippen LogP contribution >= 0.6 is 27.5 Å². The van der Waals surface area contributed by atoms with Gasteiger partial charge in [0.1, 0.15) is 0 Å². The first-order chi connectivity index (χ1) is 7.99. The number of alkyl halides is 1. The van der Waals surface area contributed by atoms with Crippen LogP contribution in [0.5, 0.6) is 11.5 Å². The Hall–Kier alpha value is -0.940. The molecule has 94 valence electrons. The van der Waals surface area contributed by atoms with Gasteiger partial charge in [-0.1, -0.05) is 27.5 Å². The molecule has 1 aromatic carbocycles. The second-order valence-corrected chi connectivity index (χ2v) is 4.48. The quantitative estimate of drug-likeness (QED) is 0.866. The van der Waals surface area contributed by atoms with Crippen LogP contribution in [0.1, 0.15) is 5.56 Å². The molecule has 17 heavy (non-hydrogen) atoms. The first-order valence-corrected chi connectivity index (χ1v) is 6.34. The lowest BCUT2D eigenvalue weighted by Gasteiger charge is -2.17. The Morgan fingerprint density at radius 3 is 2.76 bits per heavy atom. The molecule has 0 aliphatic rings. The van der Waals surface area contributed by atoms with Gasteiger partial charge in [0.25, 0.3) is 0 Å². The largest absolute Gasteiger partial charge is 0.503 e. The van der Waals surface area contributed by atoms with Crippen LogP contribution < -0.4 is 4.74 Å². The van der Waals surface area contributed by atoms with Crippen molar-refractivity contribution in [1.29, 1.82) is 0 Å². The van der Waals surface area contributed by atoms with Gasteiger partial charge in [0.2, 0.25) is 5.91 Å². The van der Waals surface area contributed by atoms with Crippen molar-refractivity contribution in [2.75, 3.05) is 19.5 Å². The van der Waals surface area contributed by atoms with Crippen LogP contribution in [0, 0.1) is 0 Å². The Kier molecular flexibility index (Phi) is 5.08. The summed E-state index contributed by atoms with van der Waals surface area (Å²) in [5.74, 6) is 0.174. The van der Waals surface area contributed by atoms with E-state index in [9.17, 15) is 9.90 Å². The van der Waals surface area contributed by atoms with Crippen molar-refractivity contribution in [2.24, 2.45) is 0 Å². The third kappa shape index (κ3) is 3.51. The summed E-state index contributed by atoms with van der Waals surface area (Å²) >= 11 is 8.95. The molecular weight excluding hydrogens is 309 g/mol. The van der Waals surface area contributed by atoms with Crippen LogP contribution in [-0.2, 0) is 11.3 Å². The smallest absolute Gasteiger partial charge is 0.233 e. The monoisotopic (exact) mass is 321 g/mol. The second kappa shape index (κ2) is 6.12. The second-order valence-electron chi connectivity index (χ2n) is 3.51. The molecule has 0 spiro atoms. The average Bonchev–Trinajstić information content (AvgIpc) is 2.32. The van der Waals surface area contributed by atoms with E-state index in [1.165, 1.54) is 7.11 Å². The molecule has 0 aliphatic carbocycles. The van der Waals surface area contributed by atoms with E-state index in [2.05, 4.69) is 15.9 Å². The van der Waals surface area contributed by atoms with Crippen molar-refractivity contribution in [1.82, 2.24) is 4.90 Å². The molecule has 1 amide bonds. The normalized spacial score (nSPS) is 10.1. The van der Waals surface area contributed by atoms with Crippen molar-refractivity contribution in [3.05, 3.63) is 22.7 Å². The summed E-state index contributed by atoms with van der Waals surface area (Å²) in [7, 11) is 3.14. The van der Waals surface area contributed by atoms with E-state index in [-0.39, 0.29) is 22.0 Å². The van der Waals surface area contributed by atoms with Gasteiger partial charge in [-0.25, -0.2) is 0 Å². The number of benzene rings is 1. The van der Waals surface area contributed by atoms with Gasteiger partial charge in [-0.3, -0.25) is 4.79 Å². The third-order valence-corrected chi connectivity index (χ3v) is 3.04. The molecule has 0 aromatic heterocycles. The number of phenols is 1. The fourth-order valence-corrected chi connectivity index (χ4v) is 2.00. The molecule has 6 heteroatoms. The van der Waals surface area contributed by atoms with Crippen molar-refractivity contribution < 1.29 is 14.6 Å². The van der Waals surface area contributed by atoms with Gasteiger partial charge in [-0.15, -0.1) is 0 Å². The number of hydrogen-bond donors (Lipinski definition) is 1. The van der Waals surface area contributed by atoms with Crippen LogP contribution in [0.25, 0.3) is 0 Å². The highest BCUT2D eigenvalue weighted by Gasteiger charge is 2.12. The summed E-state index contributed by atoms with van der Waals surface area (Å²) in [6, 6.07) is 3.26. The predicted molar refractivity (Wildman–Crippen MR) is 69.9 cm³/mol. The fraction of sp³-hybridized carbons (Fsp3) is 0.364. The molecule has 0 fully saturated rings. The van der Waals surface area contributed by atoms with E-state index in [1.54, 1.807) is 24.1 Å². The summed E-state index contributed by atoms with van der Waals surface area (Å²) < 4.78 is 4.99. The van der Waals surface area contributed by atoms with Gasteiger partial charge >= 0.3 is 0 Å². The minimum atomic E-state index is -0.0904. The van der Waals surface area contributed by atoms with Crippen LogP contribution in [0.15, 0.2) is 12.1 Å². The summed E-state index contributed by atoms with van der Waals surface area (Å²) in [5, 5.41) is 10.0. The maximum atomic E-state index is 11.4. The first kappa shape index (κ1) is 14.1. The zero-order chi connectivity index (χ0) is 13.0. The van der Waals surface area contributed by atoms with Crippen LogP contribution in [0.2, 0.25) is 5.02 Å². The number of carbonyl (C=O) groups is 1. The summed E-state index contributed by atoms with van der Waals surface area (Å²) in [4.78, 5) is 12.9. The molecule has 0 bridgehead atoms. The lowest BCUT2D eigenvalue weighted by Crippen LogP contribution is -2.26. The Bertz CT molecular complexity index is 425. The number of ether oxygens (including phenoxy) is 1. The number of methoxy groups -OCH3 is 1. The number of nitrogens with zero attached hydrogens (tertiary/aromatic N) is 1. The van der Waals surface area contributed by atoms with E-state index in [1.807, 2.05) is 0 Å². The zero-order valence-electron chi connectivity index (χ0n) is 9.54. The van der Waals surface area contributed by atoms with Crippen LogP contribution in [-0.4, -0.2) is 35.4 Å². The van der Waals surface area contributed by atoms with E-state index in [0.717, 1.165) is 5.56 Å². The fourth-order valence-electron chi connectivity index (χ4n) is 1.34. The predicted octanol–water partition coefficient (Wildman–Crippen LogP) is 2.41. The van der Waals surface area contributed by atoms with Gasteiger partial charge < -0.3 is 14.7 Å². The summed E-state index contributed by atoms with van der Waals surface area (Å²) in [6.07, 6.45) is 0. The number of hydrogen-bond acceptors (Lipinski definition) is 3. The van der Waals surface area contributed by atoms with E-state index in [4.69, 9.17) is 16.3 Å². The minimum Gasteiger partial charge on any atom is -0.503 e. The van der Waals surface area contributed by atoms with Gasteiger partial charge in [0.05, 0.1) is 17.5 Å². The van der Waals surface area contributed by atoms with E-state index in [0.29, 0.717) is 12.3 Å². The summed E-state index contributed by atoms with van der Waals surface area (Å²) in [6.45, 7) is 0.404. The van der Waals surface area contributed by atoms with Gasteiger partial charge in [0.15, 0.2) is 11.5 Å². The number of carbonyl (C=O) groups excluding carboxylic acids is 1. The molecule has 0 aliphatic heterocycles. The number of halogens is 2. The molecule has 0 radical (unpaired) electrons. The summed E-state index contributed by atoms with van der Waals surface area (Å²) in [5.41, 5.74) is 0.793. The van der Waals surface area contributed by atoms with Crippen molar-refractivity contribution in [2.45, 2.75) is 6.54 Å². The van der Waals surface area contributed by atoms with Crippen molar-refractivity contribution >= 4 is 33.4 Å². The molecule has 0 atom stereocenters. The Balaban J connectivity index is 2.92. The van der Waals surface area contributed by atoms with Crippen LogP contribution in [0.4, 0.5) is 0 Å². The molecule has 4 nitrogen and oxygen atoms in total. The third-order valence-electron chi connectivity index (χ3n) is 2.27. The maximum absolute atomic E-state index is 11.4. The molecule has 1 aromatic rings. The first-order valence-electron chi connectivity index (χ1n) is 4.85. The van der Waals surface area contributed by atoms with Crippen molar-refractivity contribution in [3.63, 3.8) is 0 Å². The standard InChI is InChI=1S/C11H13BrClNO3/c1-14(10(15)5-12)6-7-3-8(13)11(16)9(4-7)17-2/h3-4,16H,5-6H2,1-2H3. The Morgan fingerprint density at radius 2 is 2.24 bits per heavy atom. The Morgan fingerprint density at radius 1 is 1.59 bits per heavy atom. The molecule has 1 N–H and O–H groups in total. The molecule has 0 unspecified atom stereocenters. The van der Waals surface area contributed by atoms with Gasteiger partial charge in [-0.05, 0) is 17.7 Å². The van der Waals surface area contributed by atoms with E-state index >= 15 is 0 Å². The van der Waals surface area contributed by atoms with Crippen molar-refractivity contribution in [3.8, 4) is 11.5 Å².